The Balaban J connectivity index is 1.60. The Kier molecular flexibility index (Phi) is 5.44. The molecular formula is C25H32O3. The second kappa shape index (κ2) is 7.85. The van der Waals surface area contributed by atoms with Gasteiger partial charge in [0.2, 0.25) is 0 Å². The summed E-state index contributed by atoms with van der Waals surface area (Å²) in [4.78, 5) is 26.7. The highest BCUT2D eigenvalue weighted by atomic mass is 16.5. The Morgan fingerprint density at radius 3 is 2.64 bits per heavy atom. The maximum Gasteiger partial charge on any atom is 0.320 e. The molecule has 3 aliphatic rings. The zero-order valence-corrected chi connectivity index (χ0v) is 17.0. The molecule has 0 bridgehead atoms. The number of fused-ring (bicyclic) bond motifs is 1. The minimum Gasteiger partial charge on any atom is -0.461 e. The number of benzene rings is 1. The van der Waals surface area contributed by atoms with Crippen LogP contribution in [0.4, 0.5) is 0 Å². The molecule has 0 aliphatic heterocycles. The second-order valence-electron chi connectivity index (χ2n) is 8.99. The van der Waals surface area contributed by atoms with Crippen molar-refractivity contribution in [1.82, 2.24) is 0 Å². The van der Waals surface area contributed by atoms with Crippen LogP contribution in [-0.4, -0.2) is 17.9 Å². The van der Waals surface area contributed by atoms with Crippen LogP contribution in [0.3, 0.4) is 0 Å². The Morgan fingerprint density at radius 1 is 1.14 bits per heavy atom. The first-order valence-electron chi connectivity index (χ1n) is 11.0. The van der Waals surface area contributed by atoms with Gasteiger partial charge in [-0.25, -0.2) is 0 Å². The maximum absolute atomic E-state index is 13.6. The molecule has 0 spiro atoms. The molecule has 150 valence electrons. The van der Waals surface area contributed by atoms with E-state index in [-0.39, 0.29) is 35.6 Å². The zero-order chi connectivity index (χ0) is 19.7. The highest BCUT2D eigenvalue weighted by Gasteiger charge is 2.61. The first kappa shape index (κ1) is 19.4. The van der Waals surface area contributed by atoms with Gasteiger partial charge in [0.1, 0.15) is 11.5 Å². The summed E-state index contributed by atoms with van der Waals surface area (Å²) in [6.07, 6.45) is 7.81. The Morgan fingerprint density at radius 2 is 1.89 bits per heavy atom. The smallest absolute Gasteiger partial charge is 0.320 e. The van der Waals surface area contributed by atoms with Gasteiger partial charge in [-0.1, -0.05) is 55.8 Å². The van der Waals surface area contributed by atoms with Crippen molar-refractivity contribution in [3.05, 3.63) is 48.0 Å². The Hall–Kier alpha value is -1.90. The lowest BCUT2D eigenvalue weighted by molar-refractivity contribution is -0.172. The summed E-state index contributed by atoms with van der Waals surface area (Å²) in [6, 6.07) is 10.4. The van der Waals surface area contributed by atoms with Crippen molar-refractivity contribution < 1.29 is 14.3 Å². The maximum atomic E-state index is 13.6. The molecule has 1 aromatic rings. The van der Waals surface area contributed by atoms with Crippen LogP contribution in [0.1, 0.15) is 76.2 Å². The predicted molar refractivity (Wildman–Crippen MR) is 110 cm³/mol. The normalized spacial score (nSPS) is 35.5. The number of ketones is 1. The fourth-order valence-electron chi connectivity index (χ4n) is 6.18. The molecule has 0 radical (unpaired) electrons. The fraction of sp³-hybridized carbons (Fsp3) is 0.600. The molecule has 1 aromatic carbocycles. The third kappa shape index (κ3) is 3.13. The molecule has 0 amide bonds. The van der Waals surface area contributed by atoms with Gasteiger partial charge in [-0.2, -0.15) is 0 Å². The monoisotopic (exact) mass is 380 g/mol. The number of carbonyl (C=O) groups is 2. The average molecular weight is 381 g/mol. The van der Waals surface area contributed by atoms with Crippen LogP contribution in [0.2, 0.25) is 0 Å². The van der Waals surface area contributed by atoms with Crippen molar-refractivity contribution in [3.8, 4) is 0 Å². The summed E-state index contributed by atoms with van der Waals surface area (Å²) in [5.74, 6) is 0.426. The molecule has 3 saturated carbocycles. The van der Waals surface area contributed by atoms with E-state index in [0.717, 1.165) is 50.5 Å². The standard InChI is InChI=1S/C25H32O3/c1-3-19-17(2)16-25(21(19)13-9-15-23(25)26)24(27)28-22-14-8-7-12-20(22)18-10-5-4-6-11-18/h4-6,10-11,19-22H,2-3,7-9,12-16H2,1H3/t19-,20?,21+,22?,25-/m0/s1. The fourth-order valence-corrected chi connectivity index (χ4v) is 6.18. The van der Waals surface area contributed by atoms with Crippen LogP contribution in [0, 0.1) is 17.3 Å². The highest BCUT2D eigenvalue weighted by molar-refractivity contribution is 6.05. The molecule has 0 heterocycles. The molecular weight excluding hydrogens is 348 g/mol. The van der Waals surface area contributed by atoms with E-state index in [0.29, 0.717) is 12.8 Å². The van der Waals surface area contributed by atoms with Crippen LogP contribution < -0.4 is 0 Å². The minimum atomic E-state index is -0.964. The number of Topliss-reactive ketones (excluding diaryl/α,β-unsaturated/α-hetero) is 1. The van der Waals surface area contributed by atoms with E-state index in [1.807, 2.05) is 6.07 Å². The molecule has 3 heteroatoms. The Bertz CT molecular complexity index is 752. The van der Waals surface area contributed by atoms with Crippen LogP contribution in [0.25, 0.3) is 0 Å². The van der Waals surface area contributed by atoms with E-state index in [2.05, 4.69) is 37.8 Å². The molecule has 2 unspecified atom stereocenters. The van der Waals surface area contributed by atoms with Crippen LogP contribution in [0.15, 0.2) is 42.5 Å². The number of carbonyl (C=O) groups excluding carboxylic acids is 2. The molecule has 0 aromatic heterocycles. The molecule has 4 rings (SSSR count). The molecule has 3 nitrogen and oxygen atoms in total. The van der Waals surface area contributed by atoms with E-state index < -0.39 is 5.41 Å². The molecule has 0 N–H and O–H groups in total. The molecule has 5 atom stereocenters. The van der Waals surface area contributed by atoms with Gasteiger partial charge in [0.25, 0.3) is 0 Å². The van der Waals surface area contributed by atoms with Gasteiger partial charge >= 0.3 is 5.97 Å². The first-order chi connectivity index (χ1) is 13.6. The lowest BCUT2D eigenvalue weighted by Gasteiger charge is -2.40. The summed E-state index contributed by atoms with van der Waals surface area (Å²) in [6.45, 7) is 6.38. The summed E-state index contributed by atoms with van der Waals surface area (Å²) < 4.78 is 6.21. The molecule has 0 saturated heterocycles. The van der Waals surface area contributed by atoms with Crippen LogP contribution in [0.5, 0.6) is 0 Å². The third-order valence-electron chi connectivity index (χ3n) is 7.56. The van der Waals surface area contributed by atoms with Gasteiger partial charge in [0.05, 0.1) is 0 Å². The van der Waals surface area contributed by atoms with Gasteiger partial charge in [-0.15, -0.1) is 0 Å². The van der Waals surface area contributed by atoms with E-state index in [4.69, 9.17) is 4.74 Å². The topological polar surface area (TPSA) is 43.4 Å². The van der Waals surface area contributed by atoms with Crippen molar-refractivity contribution in [1.29, 1.82) is 0 Å². The number of hydrogen-bond donors (Lipinski definition) is 0. The molecule has 3 aliphatic carbocycles. The lowest BCUT2D eigenvalue weighted by atomic mass is 9.65. The summed E-state index contributed by atoms with van der Waals surface area (Å²) >= 11 is 0. The van der Waals surface area contributed by atoms with Crippen LogP contribution >= 0.6 is 0 Å². The first-order valence-corrected chi connectivity index (χ1v) is 11.0. The number of hydrogen-bond acceptors (Lipinski definition) is 3. The highest BCUT2D eigenvalue weighted by Crippen LogP contribution is 2.57. The minimum absolute atomic E-state index is 0.0810. The van der Waals surface area contributed by atoms with Crippen LogP contribution in [-0.2, 0) is 14.3 Å². The van der Waals surface area contributed by atoms with E-state index in [9.17, 15) is 9.59 Å². The lowest BCUT2D eigenvalue weighted by Crippen LogP contribution is -2.49. The average Bonchev–Trinajstić information content (AvgIpc) is 3.02. The van der Waals surface area contributed by atoms with E-state index in [1.165, 1.54) is 5.56 Å². The molecule has 3 fully saturated rings. The summed E-state index contributed by atoms with van der Waals surface area (Å²) in [5, 5.41) is 0. The van der Waals surface area contributed by atoms with Gasteiger partial charge in [0, 0.05) is 12.3 Å². The zero-order valence-electron chi connectivity index (χ0n) is 17.0. The molecule has 28 heavy (non-hydrogen) atoms. The number of allylic oxidation sites excluding steroid dienone is 1. The quantitative estimate of drug-likeness (QED) is 0.388. The third-order valence-corrected chi connectivity index (χ3v) is 7.56. The van der Waals surface area contributed by atoms with Gasteiger partial charge < -0.3 is 4.74 Å². The second-order valence-corrected chi connectivity index (χ2v) is 8.99. The van der Waals surface area contributed by atoms with Crippen molar-refractivity contribution in [2.75, 3.05) is 0 Å². The van der Waals surface area contributed by atoms with E-state index >= 15 is 0 Å². The SMILES string of the molecule is C=C1C[C@@]2(C(=O)OC3CCCCC3c3ccccc3)C(=O)CCC[C@@H]2[C@H]1CC. The summed E-state index contributed by atoms with van der Waals surface area (Å²) in [7, 11) is 0. The van der Waals surface area contributed by atoms with Crippen molar-refractivity contribution >= 4 is 11.8 Å². The largest absolute Gasteiger partial charge is 0.461 e. The van der Waals surface area contributed by atoms with Gasteiger partial charge in [-0.3, -0.25) is 9.59 Å². The Labute approximate surface area is 168 Å². The number of esters is 1. The van der Waals surface area contributed by atoms with Crippen molar-refractivity contribution in [2.45, 2.75) is 76.7 Å². The predicted octanol–water partition coefficient (Wildman–Crippen LogP) is 5.60. The van der Waals surface area contributed by atoms with Gasteiger partial charge in [-0.05, 0) is 62.3 Å². The summed E-state index contributed by atoms with van der Waals surface area (Å²) in [5.41, 5.74) is 1.35. The number of ether oxygens (including phenoxy) is 1. The van der Waals surface area contributed by atoms with E-state index in [1.54, 1.807) is 0 Å². The number of rotatable bonds is 4. The van der Waals surface area contributed by atoms with Gasteiger partial charge in [0.15, 0.2) is 5.78 Å². The van der Waals surface area contributed by atoms with Crippen molar-refractivity contribution in [2.24, 2.45) is 17.3 Å². The van der Waals surface area contributed by atoms with Crippen molar-refractivity contribution in [3.63, 3.8) is 0 Å².